The molecule has 0 bridgehead atoms. The predicted octanol–water partition coefficient (Wildman–Crippen LogP) is 4.83. The first-order valence-corrected chi connectivity index (χ1v) is 8.92. The fraction of sp³-hybridized carbons (Fsp3) is 0.200. The van der Waals surface area contributed by atoms with Crippen molar-refractivity contribution in [2.24, 2.45) is 0 Å². The van der Waals surface area contributed by atoms with Crippen molar-refractivity contribution in [2.45, 2.75) is 25.7 Å². The van der Waals surface area contributed by atoms with Crippen LogP contribution >= 0.6 is 27.5 Å². The van der Waals surface area contributed by atoms with Crippen LogP contribution in [0.2, 0.25) is 5.02 Å². The fourth-order valence-electron chi connectivity index (χ4n) is 1.95. The second-order valence-electron chi connectivity index (χ2n) is 4.93. The number of sulfonamides is 1. The van der Waals surface area contributed by atoms with Crippen LogP contribution < -0.4 is 4.72 Å². The van der Waals surface area contributed by atoms with Crippen molar-refractivity contribution in [3.8, 4) is 0 Å². The zero-order chi connectivity index (χ0) is 15.8. The first kappa shape index (κ1) is 16.3. The van der Waals surface area contributed by atoms with Gasteiger partial charge in [-0.1, -0.05) is 33.6 Å². The fourth-order valence-corrected chi connectivity index (χ4v) is 4.01. The Bertz CT molecular complexity index is 804. The van der Waals surface area contributed by atoms with E-state index in [-0.39, 0.29) is 4.90 Å². The highest BCUT2D eigenvalue weighted by Gasteiger charge is 2.19. The summed E-state index contributed by atoms with van der Waals surface area (Å²) in [5.74, 6) is 0. The Morgan fingerprint density at radius 2 is 1.67 bits per heavy atom. The second-order valence-corrected chi connectivity index (χ2v) is 7.87. The summed E-state index contributed by atoms with van der Waals surface area (Å²) in [5.41, 5.74) is 2.85. The van der Waals surface area contributed by atoms with E-state index in [1.807, 2.05) is 13.8 Å². The monoisotopic (exact) mass is 387 g/mol. The summed E-state index contributed by atoms with van der Waals surface area (Å²) < 4.78 is 28.7. The maximum absolute atomic E-state index is 12.6. The lowest BCUT2D eigenvalue weighted by Gasteiger charge is -2.14. The molecule has 0 heterocycles. The zero-order valence-corrected chi connectivity index (χ0v) is 15.0. The van der Waals surface area contributed by atoms with Crippen molar-refractivity contribution >= 4 is 43.2 Å². The number of benzene rings is 2. The molecule has 6 heteroatoms. The number of hydrogen-bond donors (Lipinski definition) is 1. The standard InChI is InChI=1S/C15H15BrClNO2S/c1-9-4-5-12(17)8-14(9)18-21(19,20)15-7-10(2)13(16)6-11(15)3/h4-8,18H,1-3H3. The van der Waals surface area contributed by atoms with Crippen molar-refractivity contribution < 1.29 is 8.42 Å². The summed E-state index contributed by atoms with van der Waals surface area (Å²) >= 11 is 9.33. The number of halogens is 2. The van der Waals surface area contributed by atoms with Gasteiger partial charge in [-0.05, 0) is 61.7 Å². The Hall–Kier alpha value is -1.04. The molecular weight excluding hydrogens is 374 g/mol. The van der Waals surface area contributed by atoms with E-state index in [2.05, 4.69) is 20.7 Å². The van der Waals surface area contributed by atoms with Crippen LogP contribution in [0.1, 0.15) is 16.7 Å². The van der Waals surface area contributed by atoms with Crippen LogP contribution in [0.15, 0.2) is 39.7 Å². The summed E-state index contributed by atoms with van der Waals surface area (Å²) in [5, 5.41) is 0.488. The molecule has 0 spiro atoms. The van der Waals surface area contributed by atoms with Crippen LogP contribution in [-0.4, -0.2) is 8.42 Å². The molecule has 2 aromatic rings. The number of nitrogens with one attached hydrogen (secondary N) is 1. The Kier molecular flexibility index (Phi) is 4.66. The summed E-state index contributed by atoms with van der Waals surface area (Å²) in [6.45, 7) is 5.45. The van der Waals surface area contributed by atoms with Gasteiger partial charge in [-0.3, -0.25) is 4.72 Å². The minimum absolute atomic E-state index is 0.266. The summed E-state index contributed by atoms with van der Waals surface area (Å²) in [6, 6.07) is 8.56. The van der Waals surface area contributed by atoms with Crippen LogP contribution in [0.5, 0.6) is 0 Å². The second kappa shape index (κ2) is 5.99. The van der Waals surface area contributed by atoms with E-state index in [0.29, 0.717) is 16.3 Å². The molecule has 0 amide bonds. The lowest BCUT2D eigenvalue weighted by molar-refractivity contribution is 0.600. The van der Waals surface area contributed by atoms with E-state index in [4.69, 9.17) is 11.6 Å². The zero-order valence-electron chi connectivity index (χ0n) is 11.9. The maximum Gasteiger partial charge on any atom is 0.262 e. The molecule has 0 aliphatic heterocycles. The van der Waals surface area contributed by atoms with Gasteiger partial charge < -0.3 is 0 Å². The van der Waals surface area contributed by atoms with E-state index in [0.717, 1.165) is 15.6 Å². The minimum Gasteiger partial charge on any atom is -0.279 e. The SMILES string of the molecule is Cc1cc(S(=O)(=O)Nc2cc(Cl)ccc2C)c(C)cc1Br. The average Bonchev–Trinajstić information content (AvgIpc) is 2.37. The molecule has 0 aliphatic carbocycles. The number of aryl methyl sites for hydroxylation is 3. The highest BCUT2D eigenvalue weighted by Crippen LogP contribution is 2.27. The van der Waals surface area contributed by atoms with Gasteiger partial charge in [0.1, 0.15) is 0 Å². The van der Waals surface area contributed by atoms with Crippen LogP contribution in [0.3, 0.4) is 0 Å². The molecule has 2 aromatic carbocycles. The van der Waals surface area contributed by atoms with Gasteiger partial charge in [-0.2, -0.15) is 0 Å². The topological polar surface area (TPSA) is 46.2 Å². The van der Waals surface area contributed by atoms with Crippen molar-refractivity contribution in [2.75, 3.05) is 4.72 Å². The Labute approximate surface area is 138 Å². The molecule has 0 saturated carbocycles. The Morgan fingerprint density at radius 1 is 1.00 bits per heavy atom. The van der Waals surface area contributed by atoms with Crippen molar-refractivity contribution in [3.63, 3.8) is 0 Å². The van der Waals surface area contributed by atoms with Crippen LogP contribution in [0.4, 0.5) is 5.69 Å². The minimum atomic E-state index is -3.65. The van der Waals surface area contributed by atoms with Crippen LogP contribution in [-0.2, 0) is 10.0 Å². The highest BCUT2D eigenvalue weighted by atomic mass is 79.9. The van der Waals surface area contributed by atoms with Gasteiger partial charge in [0.2, 0.25) is 0 Å². The molecule has 112 valence electrons. The Balaban J connectivity index is 2.48. The van der Waals surface area contributed by atoms with Gasteiger partial charge in [0.05, 0.1) is 10.6 Å². The van der Waals surface area contributed by atoms with E-state index >= 15 is 0 Å². The molecule has 1 N–H and O–H groups in total. The molecule has 0 saturated heterocycles. The van der Waals surface area contributed by atoms with E-state index < -0.39 is 10.0 Å². The number of rotatable bonds is 3. The van der Waals surface area contributed by atoms with Gasteiger partial charge in [0.25, 0.3) is 10.0 Å². The lowest BCUT2D eigenvalue weighted by Crippen LogP contribution is -2.15. The molecule has 0 fully saturated rings. The normalized spacial score (nSPS) is 11.5. The van der Waals surface area contributed by atoms with E-state index in [1.165, 1.54) is 0 Å². The average molecular weight is 389 g/mol. The molecule has 0 atom stereocenters. The van der Waals surface area contributed by atoms with Gasteiger partial charge in [0, 0.05) is 9.50 Å². The summed E-state index contributed by atoms with van der Waals surface area (Å²) in [4.78, 5) is 0.266. The summed E-state index contributed by atoms with van der Waals surface area (Å²) in [7, 11) is -3.65. The predicted molar refractivity (Wildman–Crippen MR) is 90.6 cm³/mol. The van der Waals surface area contributed by atoms with Crippen molar-refractivity contribution in [3.05, 3.63) is 56.5 Å². The molecule has 3 nitrogen and oxygen atoms in total. The van der Waals surface area contributed by atoms with Gasteiger partial charge in [-0.25, -0.2) is 8.42 Å². The number of anilines is 1. The smallest absolute Gasteiger partial charge is 0.262 e. The maximum atomic E-state index is 12.6. The van der Waals surface area contributed by atoms with Crippen molar-refractivity contribution in [1.29, 1.82) is 0 Å². The lowest BCUT2D eigenvalue weighted by atomic mass is 10.2. The van der Waals surface area contributed by atoms with Crippen LogP contribution in [0, 0.1) is 20.8 Å². The quantitative estimate of drug-likeness (QED) is 0.818. The molecule has 2 rings (SSSR count). The third-order valence-electron chi connectivity index (χ3n) is 3.19. The van der Waals surface area contributed by atoms with Gasteiger partial charge in [-0.15, -0.1) is 0 Å². The first-order valence-electron chi connectivity index (χ1n) is 6.26. The molecule has 0 aromatic heterocycles. The Morgan fingerprint density at radius 3 is 2.33 bits per heavy atom. The van der Waals surface area contributed by atoms with E-state index in [9.17, 15) is 8.42 Å². The largest absolute Gasteiger partial charge is 0.279 e. The molecule has 21 heavy (non-hydrogen) atoms. The molecule has 0 aliphatic rings. The third kappa shape index (κ3) is 3.59. The van der Waals surface area contributed by atoms with Crippen molar-refractivity contribution in [1.82, 2.24) is 0 Å². The summed E-state index contributed by atoms with van der Waals surface area (Å²) in [6.07, 6.45) is 0. The molecular formula is C15H15BrClNO2S. The molecule has 0 unspecified atom stereocenters. The van der Waals surface area contributed by atoms with Crippen LogP contribution in [0.25, 0.3) is 0 Å². The highest BCUT2D eigenvalue weighted by molar-refractivity contribution is 9.10. The third-order valence-corrected chi connectivity index (χ3v) is 5.79. The number of hydrogen-bond acceptors (Lipinski definition) is 2. The first-order chi connectivity index (χ1) is 9.70. The molecule has 0 radical (unpaired) electrons. The van der Waals surface area contributed by atoms with Gasteiger partial charge >= 0.3 is 0 Å². The van der Waals surface area contributed by atoms with Gasteiger partial charge in [0.15, 0.2) is 0 Å². The van der Waals surface area contributed by atoms with E-state index in [1.54, 1.807) is 37.3 Å².